The third kappa shape index (κ3) is 2.50. The molecule has 0 N–H and O–H groups in total. The van der Waals surface area contributed by atoms with E-state index in [0.717, 1.165) is 31.2 Å². The van der Waals surface area contributed by atoms with Crippen LogP contribution >= 0.6 is 0 Å². The summed E-state index contributed by atoms with van der Waals surface area (Å²) >= 11 is 0. The molecular weight excluding hydrogens is 296 g/mol. The first-order valence-corrected chi connectivity index (χ1v) is 8.08. The fourth-order valence-corrected chi connectivity index (χ4v) is 3.79. The van der Waals surface area contributed by atoms with E-state index < -0.39 is 9.85 Å². The molecule has 1 aliphatic carbocycles. The second kappa shape index (κ2) is 5.58. The van der Waals surface area contributed by atoms with E-state index in [-0.39, 0.29) is 27.8 Å². The number of nitrogens with zero attached hydrogens (tertiary/aromatic N) is 2. The Hall–Kier alpha value is -1.98. The molecule has 0 saturated heterocycles. The molecule has 2 atom stereocenters. The second-order valence-corrected chi connectivity index (χ2v) is 7.13. The first-order chi connectivity index (χ1) is 10.6. The van der Waals surface area contributed by atoms with Crippen LogP contribution in [-0.4, -0.2) is 9.85 Å². The number of fused-ring (bicyclic) bond motifs is 1. The number of benzene rings is 1. The zero-order valence-corrected chi connectivity index (χ0v) is 14.4. The van der Waals surface area contributed by atoms with E-state index >= 15 is 0 Å². The van der Waals surface area contributed by atoms with Crippen molar-refractivity contribution in [3.63, 3.8) is 0 Å². The largest absolute Gasteiger partial charge is 0.283 e. The van der Waals surface area contributed by atoms with Crippen LogP contribution in [-0.2, 0) is 10.8 Å². The van der Waals surface area contributed by atoms with Gasteiger partial charge in [0.1, 0.15) is 5.56 Å². The van der Waals surface area contributed by atoms with Crippen molar-refractivity contribution in [3.05, 3.63) is 43.0 Å². The molecular formula is C17H24N2O4. The molecule has 126 valence electrons. The van der Waals surface area contributed by atoms with Crippen molar-refractivity contribution < 1.29 is 9.85 Å². The van der Waals surface area contributed by atoms with E-state index in [4.69, 9.17) is 0 Å². The SMILES string of the molecule is CC[C@@]1(C)CC[C@](C)(CC)c2c1cc([N+](=O)[O-])c(C)c2[N+](=O)[O-]. The van der Waals surface area contributed by atoms with Gasteiger partial charge in [0.15, 0.2) is 0 Å². The van der Waals surface area contributed by atoms with Crippen molar-refractivity contribution in [1.29, 1.82) is 0 Å². The Morgan fingerprint density at radius 1 is 1.04 bits per heavy atom. The normalized spacial score (nSPS) is 26.7. The Morgan fingerprint density at radius 2 is 1.57 bits per heavy atom. The van der Waals surface area contributed by atoms with Crippen LogP contribution in [0.2, 0.25) is 0 Å². The minimum atomic E-state index is -0.503. The zero-order chi connectivity index (χ0) is 17.6. The summed E-state index contributed by atoms with van der Waals surface area (Å²) < 4.78 is 0. The van der Waals surface area contributed by atoms with Gasteiger partial charge in [0.2, 0.25) is 0 Å². The predicted octanol–water partition coefficient (Wildman–Crippen LogP) is 4.94. The molecule has 0 bridgehead atoms. The van der Waals surface area contributed by atoms with Crippen LogP contribution in [0, 0.1) is 27.2 Å². The van der Waals surface area contributed by atoms with Crippen LogP contribution in [0.25, 0.3) is 0 Å². The molecule has 0 saturated carbocycles. The summed E-state index contributed by atoms with van der Waals surface area (Å²) in [5, 5.41) is 23.2. The van der Waals surface area contributed by atoms with Crippen LogP contribution in [0.4, 0.5) is 11.4 Å². The van der Waals surface area contributed by atoms with Gasteiger partial charge in [-0.2, -0.15) is 0 Å². The van der Waals surface area contributed by atoms with Gasteiger partial charge in [-0.05, 0) is 49.0 Å². The fraction of sp³-hybridized carbons (Fsp3) is 0.647. The van der Waals surface area contributed by atoms with Crippen LogP contribution in [0.3, 0.4) is 0 Å². The van der Waals surface area contributed by atoms with Gasteiger partial charge in [0.05, 0.1) is 9.85 Å². The fourth-order valence-electron chi connectivity index (χ4n) is 3.79. The molecule has 0 fully saturated rings. The van der Waals surface area contributed by atoms with E-state index in [1.165, 1.54) is 6.92 Å². The Bertz CT molecular complexity index is 686. The number of hydrogen-bond acceptors (Lipinski definition) is 4. The molecule has 0 unspecified atom stereocenters. The highest BCUT2D eigenvalue weighted by Crippen LogP contribution is 2.54. The van der Waals surface area contributed by atoms with E-state index in [9.17, 15) is 20.2 Å². The van der Waals surface area contributed by atoms with Gasteiger partial charge >= 0.3 is 0 Å². The maximum atomic E-state index is 11.8. The first kappa shape index (κ1) is 17.4. The molecule has 0 amide bonds. The molecule has 0 spiro atoms. The minimum absolute atomic E-state index is 0.0575. The van der Waals surface area contributed by atoms with E-state index in [2.05, 4.69) is 6.92 Å². The molecule has 0 radical (unpaired) electrons. The molecule has 2 rings (SSSR count). The topological polar surface area (TPSA) is 86.3 Å². The second-order valence-electron chi connectivity index (χ2n) is 7.13. The molecule has 0 aliphatic heterocycles. The van der Waals surface area contributed by atoms with Crippen molar-refractivity contribution in [2.24, 2.45) is 0 Å². The third-order valence-corrected chi connectivity index (χ3v) is 5.95. The summed E-state index contributed by atoms with van der Waals surface area (Å²) in [6.07, 6.45) is 3.33. The lowest BCUT2D eigenvalue weighted by molar-refractivity contribution is -0.396. The highest BCUT2D eigenvalue weighted by molar-refractivity contribution is 5.65. The van der Waals surface area contributed by atoms with Gasteiger partial charge < -0.3 is 0 Å². The molecule has 0 heterocycles. The number of nitro groups is 2. The van der Waals surface area contributed by atoms with Crippen LogP contribution in [0.15, 0.2) is 6.07 Å². The molecule has 23 heavy (non-hydrogen) atoms. The van der Waals surface area contributed by atoms with Crippen molar-refractivity contribution in [2.45, 2.75) is 71.1 Å². The van der Waals surface area contributed by atoms with Gasteiger partial charge in [0, 0.05) is 11.6 Å². The third-order valence-electron chi connectivity index (χ3n) is 5.95. The summed E-state index contributed by atoms with van der Waals surface area (Å²) in [7, 11) is 0. The van der Waals surface area contributed by atoms with Gasteiger partial charge in [-0.15, -0.1) is 0 Å². The Kier molecular flexibility index (Phi) is 4.22. The van der Waals surface area contributed by atoms with Crippen molar-refractivity contribution >= 4 is 11.4 Å². The molecule has 6 nitrogen and oxygen atoms in total. The van der Waals surface area contributed by atoms with E-state index in [1.807, 2.05) is 20.8 Å². The standard InChI is InChI=1S/C17H24N2O4/c1-6-16(4)8-9-17(5,7-2)14-12(16)10-13(18(20)21)11(3)15(14)19(22)23/h10H,6-9H2,1-5H3/t16-,17-/m0/s1. The van der Waals surface area contributed by atoms with Gasteiger partial charge in [0.25, 0.3) is 11.4 Å². The molecule has 1 aliphatic rings. The average molecular weight is 320 g/mol. The minimum Gasteiger partial charge on any atom is -0.258 e. The van der Waals surface area contributed by atoms with Crippen molar-refractivity contribution in [3.8, 4) is 0 Å². The maximum absolute atomic E-state index is 11.8. The summed E-state index contributed by atoms with van der Waals surface area (Å²) in [6.45, 7) is 9.66. The van der Waals surface area contributed by atoms with Crippen LogP contribution < -0.4 is 0 Å². The van der Waals surface area contributed by atoms with Gasteiger partial charge in [-0.25, -0.2) is 0 Å². The maximum Gasteiger partial charge on any atom is 0.283 e. The Morgan fingerprint density at radius 3 is 2.00 bits per heavy atom. The quantitative estimate of drug-likeness (QED) is 0.580. The molecule has 1 aromatic carbocycles. The molecule has 6 heteroatoms. The predicted molar refractivity (Wildman–Crippen MR) is 89.0 cm³/mol. The highest BCUT2D eigenvalue weighted by atomic mass is 16.6. The summed E-state index contributed by atoms with van der Waals surface area (Å²) in [6, 6.07) is 1.59. The van der Waals surface area contributed by atoms with Crippen LogP contribution in [0.5, 0.6) is 0 Å². The lowest BCUT2D eigenvalue weighted by Gasteiger charge is -2.44. The number of hydrogen-bond donors (Lipinski definition) is 0. The molecule has 1 aromatic rings. The number of rotatable bonds is 4. The van der Waals surface area contributed by atoms with Crippen LogP contribution in [0.1, 0.15) is 70.1 Å². The molecule has 0 aromatic heterocycles. The first-order valence-electron chi connectivity index (χ1n) is 8.08. The van der Waals surface area contributed by atoms with Crippen molar-refractivity contribution in [2.75, 3.05) is 0 Å². The summed E-state index contributed by atoms with van der Waals surface area (Å²) in [5.41, 5.74) is 0.898. The highest BCUT2D eigenvalue weighted by Gasteiger charge is 2.47. The van der Waals surface area contributed by atoms with Gasteiger partial charge in [-0.1, -0.05) is 27.7 Å². The average Bonchev–Trinajstić information content (AvgIpc) is 2.50. The smallest absolute Gasteiger partial charge is 0.258 e. The summed E-state index contributed by atoms with van der Waals surface area (Å²) in [4.78, 5) is 22.2. The van der Waals surface area contributed by atoms with Gasteiger partial charge in [-0.3, -0.25) is 20.2 Å². The zero-order valence-electron chi connectivity index (χ0n) is 14.4. The summed E-state index contributed by atoms with van der Waals surface area (Å²) in [5.74, 6) is 0. The Balaban J connectivity index is 2.98. The monoisotopic (exact) mass is 320 g/mol. The number of nitro benzene ring substituents is 2. The van der Waals surface area contributed by atoms with E-state index in [0.29, 0.717) is 5.56 Å². The van der Waals surface area contributed by atoms with E-state index in [1.54, 1.807) is 6.07 Å². The van der Waals surface area contributed by atoms with Crippen molar-refractivity contribution in [1.82, 2.24) is 0 Å². The lowest BCUT2D eigenvalue weighted by atomic mass is 9.59. The lowest BCUT2D eigenvalue weighted by Crippen LogP contribution is -2.37. The Labute approximate surface area is 136 Å².